The number of fused-ring (bicyclic) bond motifs is 2. The maximum atomic E-state index is 12.2. The SMILES string of the molecule is CC(C)(C)OC(=O)N1CCC2(CC1)NCCc1sccc12. The molecule has 3 rings (SSSR count). The molecule has 4 nitrogen and oxygen atoms in total. The van der Waals surface area contributed by atoms with Crippen molar-refractivity contribution in [2.75, 3.05) is 19.6 Å². The van der Waals surface area contributed by atoms with E-state index < -0.39 is 5.60 Å². The number of carbonyl (C=O) groups excluding carboxylic acids is 1. The molecule has 1 aromatic rings. The van der Waals surface area contributed by atoms with Gasteiger partial charge >= 0.3 is 6.09 Å². The second kappa shape index (κ2) is 5.29. The molecule has 1 saturated heterocycles. The molecule has 2 aliphatic rings. The van der Waals surface area contributed by atoms with E-state index in [2.05, 4.69) is 16.8 Å². The van der Waals surface area contributed by atoms with Crippen LogP contribution in [0.15, 0.2) is 11.4 Å². The summed E-state index contributed by atoms with van der Waals surface area (Å²) < 4.78 is 5.48. The zero-order valence-corrected chi connectivity index (χ0v) is 13.9. The molecule has 1 N–H and O–H groups in total. The summed E-state index contributed by atoms with van der Waals surface area (Å²) in [5.41, 5.74) is 1.12. The monoisotopic (exact) mass is 308 g/mol. The Kier molecular flexibility index (Phi) is 3.74. The van der Waals surface area contributed by atoms with E-state index in [9.17, 15) is 4.79 Å². The van der Waals surface area contributed by atoms with Gasteiger partial charge in [-0.25, -0.2) is 4.79 Å². The normalized spacial score (nSPS) is 21.2. The number of hydrogen-bond acceptors (Lipinski definition) is 4. The Balaban J connectivity index is 1.68. The first-order chi connectivity index (χ1) is 9.90. The van der Waals surface area contributed by atoms with Crippen molar-refractivity contribution in [2.24, 2.45) is 0 Å². The fourth-order valence-corrected chi connectivity index (χ4v) is 4.29. The van der Waals surface area contributed by atoms with Crippen LogP contribution >= 0.6 is 11.3 Å². The number of piperidine rings is 1. The number of hydrogen-bond donors (Lipinski definition) is 1. The van der Waals surface area contributed by atoms with Crippen LogP contribution in [0.1, 0.15) is 44.1 Å². The van der Waals surface area contributed by atoms with E-state index in [1.807, 2.05) is 37.0 Å². The van der Waals surface area contributed by atoms with E-state index in [4.69, 9.17) is 4.74 Å². The molecule has 21 heavy (non-hydrogen) atoms. The average Bonchev–Trinajstić information content (AvgIpc) is 2.87. The number of rotatable bonds is 0. The maximum Gasteiger partial charge on any atom is 0.410 e. The van der Waals surface area contributed by atoms with Gasteiger partial charge in [0.25, 0.3) is 0 Å². The van der Waals surface area contributed by atoms with Gasteiger partial charge in [0.1, 0.15) is 5.60 Å². The van der Waals surface area contributed by atoms with Crippen molar-refractivity contribution in [1.29, 1.82) is 0 Å². The largest absolute Gasteiger partial charge is 0.444 e. The quantitative estimate of drug-likeness (QED) is 0.800. The summed E-state index contributed by atoms with van der Waals surface area (Å²) >= 11 is 1.86. The standard InChI is InChI=1S/C16H24N2O2S/c1-15(2,3)20-14(19)18-9-6-16(7-10-18)12-5-11-21-13(12)4-8-17-16/h5,11,17H,4,6-10H2,1-3H3. The van der Waals surface area contributed by atoms with Crippen LogP contribution in [0.3, 0.4) is 0 Å². The van der Waals surface area contributed by atoms with Crippen molar-refractivity contribution in [3.8, 4) is 0 Å². The van der Waals surface area contributed by atoms with Crippen LogP contribution in [0.25, 0.3) is 0 Å². The highest BCUT2D eigenvalue weighted by Gasteiger charge is 2.41. The fraction of sp³-hybridized carbons (Fsp3) is 0.688. The van der Waals surface area contributed by atoms with Gasteiger partial charge in [-0.05, 0) is 57.0 Å². The van der Waals surface area contributed by atoms with E-state index in [0.717, 1.165) is 38.9 Å². The molecule has 1 amide bonds. The Morgan fingerprint density at radius 1 is 1.38 bits per heavy atom. The third-order valence-corrected chi connectivity index (χ3v) is 5.33. The van der Waals surface area contributed by atoms with Gasteiger partial charge in [-0.2, -0.15) is 0 Å². The van der Waals surface area contributed by atoms with Gasteiger partial charge in [0.2, 0.25) is 0 Å². The molecule has 0 aliphatic carbocycles. The summed E-state index contributed by atoms with van der Waals surface area (Å²) in [7, 11) is 0. The number of carbonyl (C=O) groups is 1. The van der Waals surface area contributed by atoms with Crippen LogP contribution in [0.2, 0.25) is 0 Å². The van der Waals surface area contributed by atoms with Crippen molar-refractivity contribution < 1.29 is 9.53 Å². The second-order valence-corrected chi connectivity index (χ2v) is 7.98. The Morgan fingerprint density at radius 2 is 2.10 bits per heavy atom. The van der Waals surface area contributed by atoms with Gasteiger partial charge in [-0.1, -0.05) is 0 Å². The lowest BCUT2D eigenvalue weighted by atomic mass is 9.79. The van der Waals surface area contributed by atoms with Crippen molar-refractivity contribution in [3.63, 3.8) is 0 Å². The smallest absolute Gasteiger partial charge is 0.410 e. The topological polar surface area (TPSA) is 41.6 Å². The molecule has 0 atom stereocenters. The molecule has 0 radical (unpaired) electrons. The van der Waals surface area contributed by atoms with Crippen molar-refractivity contribution >= 4 is 17.4 Å². The molecule has 0 saturated carbocycles. The fourth-order valence-electron chi connectivity index (χ4n) is 3.31. The van der Waals surface area contributed by atoms with Crippen LogP contribution in [0, 0.1) is 0 Å². The van der Waals surface area contributed by atoms with Crippen LogP contribution < -0.4 is 5.32 Å². The molecule has 2 aliphatic heterocycles. The second-order valence-electron chi connectivity index (χ2n) is 6.98. The van der Waals surface area contributed by atoms with Gasteiger partial charge in [-0.15, -0.1) is 11.3 Å². The minimum atomic E-state index is -0.421. The number of thiophene rings is 1. The van der Waals surface area contributed by atoms with Crippen molar-refractivity contribution in [2.45, 2.75) is 51.2 Å². The van der Waals surface area contributed by atoms with Gasteiger partial charge in [0.15, 0.2) is 0 Å². The van der Waals surface area contributed by atoms with Crippen LogP contribution in [0.4, 0.5) is 4.79 Å². The Bertz CT molecular complexity index is 525. The average molecular weight is 308 g/mol. The third kappa shape index (κ3) is 2.94. The van der Waals surface area contributed by atoms with E-state index in [0.29, 0.717) is 0 Å². The molecule has 1 aromatic heterocycles. The Labute approximate surface area is 130 Å². The lowest BCUT2D eigenvalue weighted by Gasteiger charge is -2.45. The zero-order valence-electron chi connectivity index (χ0n) is 13.1. The molecule has 0 bridgehead atoms. The molecular weight excluding hydrogens is 284 g/mol. The van der Waals surface area contributed by atoms with Crippen LogP contribution in [-0.2, 0) is 16.7 Å². The highest BCUT2D eigenvalue weighted by molar-refractivity contribution is 7.10. The zero-order chi connectivity index (χ0) is 15.1. The Morgan fingerprint density at radius 3 is 2.76 bits per heavy atom. The molecule has 0 aromatic carbocycles. The number of likely N-dealkylation sites (tertiary alicyclic amines) is 1. The van der Waals surface area contributed by atoms with E-state index >= 15 is 0 Å². The molecular formula is C16H24N2O2S. The number of nitrogens with zero attached hydrogens (tertiary/aromatic N) is 1. The predicted octanol–water partition coefficient (Wildman–Crippen LogP) is 3.12. The summed E-state index contributed by atoms with van der Waals surface area (Å²) in [5.74, 6) is 0. The van der Waals surface area contributed by atoms with Gasteiger partial charge in [0.05, 0.1) is 0 Å². The summed E-state index contributed by atoms with van der Waals surface area (Å²) in [5, 5.41) is 5.91. The van der Waals surface area contributed by atoms with Gasteiger partial charge in [-0.3, -0.25) is 0 Å². The maximum absolute atomic E-state index is 12.2. The Hall–Kier alpha value is -1.07. The minimum Gasteiger partial charge on any atom is -0.444 e. The van der Waals surface area contributed by atoms with Crippen molar-refractivity contribution in [1.82, 2.24) is 10.2 Å². The lowest BCUT2D eigenvalue weighted by molar-refractivity contribution is 0.0139. The number of ether oxygens (including phenoxy) is 1. The van der Waals surface area contributed by atoms with E-state index in [1.165, 1.54) is 10.4 Å². The lowest BCUT2D eigenvalue weighted by Crippen LogP contribution is -2.55. The highest BCUT2D eigenvalue weighted by Crippen LogP contribution is 2.39. The molecule has 0 unspecified atom stereocenters. The van der Waals surface area contributed by atoms with Crippen molar-refractivity contribution in [3.05, 3.63) is 21.9 Å². The highest BCUT2D eigenvalue weighted by atomic mass is 32.1. The predicted molar refractivity (Wildman–Crippen MR) is 84.7 cm³/mol. The van der Waals surface area contributed by atoms with E-state index in [1.54, 1.807) is 0 Å². The third-order valence-electron chi connectivity index (χ3n) is 4.35. The summed E-state index contributed by atoms with van der Waals surface area (Å²) in [4.78, 5) is 15.5. The molecule has 3 heterocycles. The molecule has 1 spiro atoms. The van der Waals surface area contributed by atoms with Gasteiger partial charge < -0.3 is 15.0 Å². The summed E-state index contributed by atoms with van der Waals surface area (Å²) in [6.45, 7) is 8.30. The first kappa shape index (κ1) is 14.9. The molecule has 116 valence electrons. The van der Waals surface area contributed by atoms with Crippen LogP contribution in [0.5, 0.6) is 0 Å². The van der Waals surface area contributed by atoms with E-state index in [-0.39, 0.29) is 11.6 Å². The summed E-state index contributed by atoms with van der Waals surface area (Å²) in [6.07, 6.45) is 2.88. The number of amides is 1. The van der Waals surface area contributed by atoms with Crippen LogP contribution in [-0.4, -0.2) is 36.2 Å². The number of nitrogens with one attached hydrogen (secondary N) is 1. The summed E-state index contributed by atoms with van der Waals surface area (Å²) in [6, 6.07) is 2.26. The van der Waals surface area contributed by atoms with Gasteiger partial charge in [0, 0.05) is 30.1 Å². The molecule has 5 heteroatoms. The minimum absolute atomic E-state index is 0.0755. The first-order valence-corrected chi connectivity index (χ1v) is 8.57. The first-order valence-electron chi connectivity index (χ1n) is 7.69. The molecule has 1 fully saturated rings.